The minimum Gasteiger partial charge on any atom is -0.497 e. The van der Waals surface area contributed by atoms with Gasteiger partial charge in [-0.05, 0) is 68.0 Å². The molecule has 2 aliphatic rings. The van der Waals surface area contributed by atoms with E-state index < -0.39 is 26.6 Å². The Labute approximate surface area is 193 Å². The van der Waals surface area contributed by atoms with Gasteiger partial charge in [0.05, 0.1) is 7.11 Å². The second-order valence-corrected chi connectivity index (χ2v) is 10.5. The van der Waals surface area contributed by atoms with Crippen LogP contribution in [0.2, 0.25) is 0 Å². The molecule has 0 spiro atoms. The molecule has 4 rings (SSSR count). The normalized spacial score (nSPS) is 20.2. The third-order valence-corrected chi connectivity index (χ3v) is 8.49. The molecular weight excluding hydrogens is 450 g/mol. The molecule has 1 atom stereocenters. The SMILES string of the molecule is COc1cccc(CC2CCCN2C(=O)C2CCN(S(=O)(=O)c3cc(F)ccc3F)CC2)c1. The van der Waals surface area contributed by atoms with Gasteiger partial charge in [0, 0.05) is 31.6 Å². The highest BCUT2D eigenvalue weighted by molar-refractivity contribution is 7.89. The van der Waals surface area contributed by atoms with Gasteiger partial charge in [-0.15, -0.1) is 0 Å². The Kier molecular flexibility index (Phi) is 6.99. The molecule has 2 heterocycles. The van der Waals surface area contributed by atoms with E-state index >= 15 is 0 Å². The summed E-state index contributed by atoms with van der Waals surface area (Å²) in [5.74, 6) is -1.23. The molecule has 0 aromatic heterocycles. The quantitative estimate of drug-likeness (QED) is 0.636. The summed E-state index contributed by atoms with van der Waals surface area (Å²) in [5.41, 5.74) is 1.11. The first kappa shape index (κ1) is 23.6. The fraction of sp³-hybridized carbons (Fsp3) is 0.458. The molecule has 1 unspecified atom stereocenters. The van der Waals surface area contributed by atoms with Gasteiger partial charge >= 0.3 is 0 Å². The highest BCUT2D eigenvalue weighted by Gasteiger charge is 2.38. The van der Waals surface area contributed by atoms with E-state index in [9.17, 15) is 22.0 Å². The van der Waals surface area contributed by atoms with Crippen LogP contribution in [-0.2, 0) is 21.2 Å². The number of sulfonamides is 1. The van der Waals surface area contributed by atoms with Crippen LogP contribution in [0.1, 0.15) is 31.2 Å². The van der Waals surface area contributed by atoms with Gasteiger partial charge in [-0.25, -0.2) is 17.2 Å². The third kappa shape index (κ3) is 5.04. The standard InChI is InChI=1S/C24H28F2N2O4S/c1-32-21-6-2-4-17(15-21)14-20-5-3-11-28(20)24(29)18-9-12-27(13-10-18)33(30,31)23-16-19(25)7-8-22(23)26/h2,4,6-8,15-16,18,20H,3,5,9-14H2,1H3. The summed E-state index contributed by atoms with van der Waals surface area (Å²) in [4.78, 5) is 14.5. The zero-order valence-corrected chi connectivity index (χ0v) is 19.4. The number of likely N-dealkylation sites (tertiary alicyclic amines) is 1. The zero-order chi connectivity index (χ0) is 23.6. The Morgan fingerprint density at radius 1 is 1.06 bits per heavy atom. The molecule has 0 saturated carbocycles. The molecule has 0 aliphatic carbocycles. The van der Waals surface area contributed by atoms with Crippen molar-refractivity contribution in [1.29, 1.82) is 0 Å². The Morgan fingerprint density at radius 3 is 2.55 bits per heavy atom. The summed E-state index contributed by atoms with van der Waals surface area (Å²) >= 11 is 0. The van der Waals surface area contributed by atoms with Crippen molar-refractivity contribution in [3.8, 4) is 5.75 Å². The number of benzene rings is 2. The van der Waals surface area contributed by atoms with Crippen molar-refractivity contribution in [2.75, 3.05) is 26.7 Å². The van der Waals surface area contributed by atoms with Crippen molar-refractivity contribution in [2.24, 2.45) is 5.92 Å². The molecular formula is C24H28F2N2O4S. The fourth-order valence-corrected chi connectivity index (χ4v) is 6.35. The number of hydrogen-bond acceptors (Lipinski definition) is 4. The van der Waals surface area contributed by atoms with Crippen LogP contribution >= 0.6 is 0 Å². The van der Waals surface area contributed by atoms with Gasteiger partial charge in [-0.2, -0.15) is 4.31 Å². The fourth-order valence-electron chi connectivity index (χ4n) is 4.80. The lowest BCUT2D eigenvalue weighted by Crippen LogP contribution is -2.46. The number of halogens is 2. The maximum atomic E-state index is 14.1. The third-order valence-electron chi connectivity index (χ3n) is 6.58. The van der Waals surface area contributed by atoms with Crippen molar-refractivity contribution in [3.63, 3.8) is 0 Å². The number of nitrogens with zero attached hydrogens (tertiary/aromatic N) is 2. The molecule has 9 heteroatoms. The van der Waals surface area contributed by atoms with Gasteiger partial charge in [0.2, 0.25) is 15.9 Å². The summed E-state index contributed by atoms with van der Waals surface area (Å²) < 4.78 is 59.6. The van der Waals surface area contributed by atoms with Crippen LogP contribution in [0.15, 0.2) is 47.4 Å². The largest absolute Gasteiger partial charge is 0.497 e. The van der Waals surface area contributed by atoms with Crippen LogP contribution in [0.3, 0.4) is 0 Å². The minimum absolute atomic E-state index is 0.0504. The Bertz CT molecular complexity index is 1120. The number of rotatable bonds is 6. The number of piperidine rings is 1. The van der Waals surface area contributed by atoms with Crippen LogP contribution < -0.4 is 4.74 Å². The summed E-state index contributed by atoms with van der Waals surface area (Å²) in [6, 6.07) is 10.3. The van der Waals surface area contributed by atoms with Gasteiger partial charge in [0.1, 0.15) is 22.3 Å². The van der Waals surface area contributed by atoms with E-state index in [1.807, 2.05) is 29.2 Å². The molecule has 2 aromatic rings. The topological polar surface area (TPSA) is 66.9 Å². The van der Waals surface area contributed by atoms with E-state index in [4.69, 9.17) is 4.74 Å². The van der Waals surface area contributed by atoms with Crippen molar-refractivity contribution in [3.05, 3.63) is 59.7 Å². The van der Waals surface area contributed by atoms with E-state index in [2.05, 4.69) is 0 Å². The van der Waals surface area contributed by atoms with Crippen LogP contribution in [-0.4, -0.2) is 56.3 Å². The minimum atomic E-state index is -4.16. The first-order chi connectivity index (χ1) is 15.8. The Morgan fingerprint density at radius 2 is 1.82 bits per heavy atom. The van der Waals surface area contributed by atoms with Crippen LogP contribution in [0.5, 0.6) is 5.75 Å². The molecule has 178 valence electrons. The van der Waals surface area contributed by atoms with Gasteiger partial charge < -0.3 is 9.64 Å². The van der Waals surface area contributed by atoms with Crippen LogP contribution in [0.25, 0.3) is 0 Å². The highest BCUT2D eigenvalue weighted by atomic mass is 32.2. The zero-order valence-electron chi connectivity index (χ0n) is 18.5. The molecule has 1 amide bonds. The molecule has 2 aromatic carbocycles. The van der Waals surface area contributed by atoms with E-state index in [1.165, 1.54) is 0 Å². The molecule has 0 N–H and O–H groups in total. The predicted molar refractivity (Wildman–Crippen MR) is 119 cm³/mol. The summed E-state index contributed by atoms with van der Waals surface area (Å²) in [6.07, 6.45) is 3.32. The summed E-state index contributed by atoms with van der Waals surface area (Å²) in [5, 5.41) is 0. The van der Waals surface area contributed by atoms with E-state index in [-0.39, 0.29) is 31.0 Å². The monoisotopic (exact) mass is 478 g/mol. The molecule has 6 nitrogen and oxygen atoms in total. The molecule has 2 aliphatic heterocycles. The predicted octanol–water partition coefficient (Wildman–Crippen LogP) is 3.61. The van der Waals surface area contributed by atoms with Gasteiger partial charge in [-0.3, -0.25) is 4.79 Å². The Balaban J connectivity index is 1.40. The van der Waals surface area contributed by atoms with Gasteiger partial charge in [0.25, 0.3) is 0 Å². The van der Waals surface area contributed by atoms with Gasteiger partial charge in [0.15, 0.2) is 0 Å². The molecule has 33 heavy (non-hydrogen) atoms. The van der Waals surface area contributed by atoms with Crippen molar-refractivity contribution in [1.82, 2.24) is 9.21 Å². The smallest absolute Gasteiger partial charge is 0.246 e. The maximum absolute atomic E-state index is 14.1. The van der Waals surface area contributed by atoms with E-state index in [1.54, 1.807) is 7.11 Å². The van der Waals surface area contributed by atoms with Crippen molar-refractivity contribution in [2.45, 2.75) is 43.0 Å². The second-order valence-electron chi connectivity index (χ2n) is 8.64. The molecule has 0 radical (unpaired) electrons. The van der Waals surface area contributed by atoms with E-state index in [0.717, 1.165) is 47.0 Å². The second kappa shape index (κ2) is 9.77. The lowest BCUT2D eigenvalue weighted by molar-refractivity contribution is -0.137. The number of carbonyl (C=O) groups excluding carboxylic acids is 1. The molecule has 2 fully saturated rings. The van der Waals surface area contributed by atoms with Crippen LogP contribution in [0.4, 0.5) is 8.78 Å². The lowest BCUT2D eigenvalue weighted by atomic mass is 9.95. The van der Waals surface area contributed by atoms with Crippen molar-refractivity contribution >= 4 is 15.9 Å². The number of ether oxygens (including phenoxy) is 1. The maximum Gasteiger partial charge on any atom is 0.246 e. The van der Waals surface area contributed by atoms with Crippen LogP contribution in [0, 0.1) is 17.6 Å². The number of carbonyl (C=O) groups is 1. The average Bonchev–Trinajstić information content (AvgIpc) is 3.28. The van der Waals surface area contributed by atoms with Crippen molar-refractivity contribution < 1.29 is 26.7 Å². The van der Waals surface area contributed by atoms with Gasteiger partial charge in [-0.1, -0.05) is 12.1 Å². The Hall–Kier alpha value is -2.52. The molecule has 2 saturated heterocycles. The highest BCUT2D eigenvalue weighted by Crippen LogP contribution is 2.30. The van der Waals surface area contributed by atoms with E-state index in [0.29, 0.717) is 25.5 Å². The lowest BCUT2D eigenvalue weighted by Gasteiger charge is -2.34. The number of hydrogen-bond donors (Lipinski definition) is 0. The summed E-state index contributed by atoms with van der Waals surface area (Å²) in [6.45, 7) is 0.895. The molecule has 0 bridgehead atoms. The number of amides is 1. The number of methoxy groups -OCH3 is 1. The first-order valence-corrected chi connectivity index (χ1v) is 12.6. The summed E-state index contributed by atoms with van der Waals surface area (Å²) in [7, 11) is -2.54. The average molecular weight is 479 g/mol. The first-order valence-electron chi connectivity index (χ1n) is 11.2.